The summed E-state index contributed by atoms with van der Waals surface area (Å²) in [5.74, 6) is 0.616. The van der Waals surface area contributed by atoms with Gasteiger partial charge in [0.2, 0.25) is 0 Å². The van der Waals surface area contributed by atoms with Gasteiger partial charge in [-0.3, -0.25) is 4.79 Å². The highest BCUT2D eigenvalue weighted by Gasteiger charge is 2.24. The SMILES string of the molecule is O=C(O)[C@H]1C/C=C\C[C@H](CCCCCC[C@@H]2C=C(CO)CC2)[C@H](c2ccc(O)cc2)Cc2cccc(c2)C1. The zero-order valence-electron chi connectivity index (χ0n) is 22.6. The maximum Gasteiger partial charge on any atom is 0.307 e. The third kappa shape index (κ3) is 8.33. The Morgan fingerprint density at radius 1 is 0.868 bits per heavy atom. The predicted octanol–water partition coefficient (Wildman–Crippen LogP) is 7.60. The number of fused-ring (bicyclic) bond motifs is 2. The number of carbonyl (C=O) groups is 1. The van der Waals surface area contributed by atoms with Gasteiger partial charge in [-0.15, -0.1) is 0 Å². The zero-order valence-corrected chi connectivity index (χ0v) is 22.6. The van der Waals surface area contributed by atoms with Gasteiger partial charge in [-0.1, -0.05) is 80.3 Å². The summed E-state index contributed by atoms with van der Waals surface area (Å²) in [6.45, 7) is 0.218. The van der Waals surface area contributed by atoms with Crippen molar-refractivity contribution in [2.45, 2.75) is 83.0 Å². The van der Waals surface area contributed by atoms with Crippen molar-refractivity contribution < 1.29 is 20.1 Å². The maximum absolute atomic E-state index is 11.9. The summed E-state index contributed by atoms with van der Waals surface area (Å²) < 4.78 is 0. The number of allylic oxidation sites excluding steroid dienone is 3. The lowest BCUT2D eigenvalue weighted by Crippen LogP contribution is -2.18. The molecule has 0 unspecified atom stereocenters. The molecule has 0 aromatic heterocycles. The standard InChI is InChI=1S/C34H44O4/c35-24-28-15-14-25(20-28)8-3-1-2-4-11-29-12-5-6-13-31(34(37)38)22-26-9-7-10-27(21-26)23-33(29)30-16-18-32(36)19-17-30/h5-7,9-10,16-21,25,29,31,33,35-36H,1-4,8,11-15,22-24H2,(H,37,38)/b6-5-/t25-,29-,31-,33+/m0/s1. The van der Waals surface area contributed by atoms with Crippen LogP contribution in [0.4, 0.5) is 0 Å². The quantitative estimate of drug-likeness (QED) is 0.224. The molecule has 0 saturated heterocycles. The molecule has 0 saturated carbocycles. The highest BCUT2D eigenvalue weighted by Crippen LogP contribution is 2.36. The van der Waals surface area contributed by atoms with Crippen molar-refractivity contribution in [2.75, 3.05) is 6.61 Å². The third-order valence-electron chi connectivity index (χ3n) is 8.61. The van der Waals surface area contributed by atoms with Gasteiger partial charge in [0.25, 0.3) is 0 Å². The van der Waals surface area contributed by atoms with Crippen LogP contribution in [-0.4, -0.2) is 27.9 Å². The Bertz CT molecular complexity index is 1080. The minimum Gasteiger partial charge on any atom is -0.508 e. The molecule has 0 heterocycles. The van der Waals surface area contributed by atoms with Crippen LogP contribution in [0.2, 0.25) is 0 Å². The van der Waals surface area contributed by atoms with Crippen LogP contribution >= 0.6 is 0 Å². The second-order valence-corrected chi connectivity index (χ2v) is 11.4. The molecule has 3 N–H and O–H groups in total. The number of phenolic OH excluding ortho intramolecular Hbond substituents is 1. The summed E-state index contributed by atoms with van der Waals surface area (Å²) in [5, 5.41) is 29.0. The van der Waals surface area contributed by atoms with Crippen molar-refractivity contribution in [3.05, 3.63) is 89.0 Å². The van der Waals surface area contributed by atoms with E-state index in [1.54, 1.807) is 12.1 Å². The largest absolute Gasteiger partial charge is 0.508 e. The number of aromatic hydroxyl groups is 1. The first-order valence-corrected chi connectivity index (χ1v) is 14.6. The van der Waals surface area contributed by atoms with Gasteiger partial charge in [0.15, 0.2) is 0 Å². The number of hydrogen-bond acceptors (Lipinski definition) is 3. The number of carboxylic acids is 1. The average molecular weight is 517 g/mol. The fourth-order valence-corrected chi connectivity index (χ4v) is 6.38. The second kappa shape index (κ2) is 14.3. The van der Waals surface area contributed by atoms with E-state index in [0.717, 1.165) is 31.2 Å². The Hall–Kier alpha value is -2.85. The van der Waals surface area contributed by atoms with Gasteiger partial charge in [0, 0.05) is 0 Å². The van der Waals surface area contributed by atoms with Gasteiger partial charge in [-0.05, 0) is 104 Å². The van der Waals surface area contributed by atoms with Crippen LogP contribution < -0.4 is 0 Å². The monoisotopic (exact) mass is 516 g/mol. The van der Waals surface area contributed by atoms with E-state index in [2.05, 4.69) is 48.6 Å². The van der Waals surface area contributed by atoms with Crippen LogP contribution in [0.1, 0.15) is 86.8 Å². The van der Waals surface area contributed by atoms with Crippen LogP contribution in [-0.2, 0) is 17.6 Å². The summed E-state index contributed by atoms with van der Waals surface area (Å²) in [4.78, 5) is 11.9. The number of hydrogen-bond donors (Lipinski definition) is 3. The first-order valence-electron chi connectivity index (χ1n) is 14.6. The molecule has 4 nitrogen and oxygen atoms in total. The van der Waals surface area contributed by atoms with Gasteiger partial charge < -0.3 is 15.3 Å². The van der Waals surface area contributed by atoms with Gasteiger partial charge >= 0.3 is 5.97 Å². The van der Waals surface area contributed by atoms with E-state index >= 15 is 0 Å². The first-order chi connectivity index (χ1) is 18.5. The van der Waals surface area contributed by atoms with E-state index in [0.29, 0.717) is 36.3 Å². The number of aliphatic hydroxyl groups excluding tert-OH is 1. The van der Waals surface area contributed by atoms with E-state index in [4.69, 9.17) is 0 Å². The number of phenols is 1. The third-order valence-corrected chi connectivity index (χ3v) is 8.61. The van der Waals surface area contributed by atoms with Gasteiger partial charge in [-0.25, -0.2) is 0 Å². The molecule has 4 atom stereocenters. The first kappa shape index (κ1) is 28.2. The highest BCUT2D eigenvalue weighted by atomic mass is 16.4. The van der Waals surface area contributed by atoms with Crippen LogP contribution in [0.15, 0.2) is 72.3 Å². The minimum absolute atomic E-state index is 0.218. The van der Waals surface area contributed by atoms with Crippen LogP contribution in [0, 0.1) is 17.8 Å². The van der Waals surface area contributed by atoms with Crippen molar-refractivity contribution in [1.82, 2.24) is 0 Å². The van der Waals surface area contributed by atoms with Crippen LogP contribution in [0.5, 0.6) is 5.75 Å². The summed E-state index contributed by atoms with van der Waals surface area (Å²) in [7, 11) is 0. The van der Waals surface area contributed by atoms with Crippen molar-refractivity contribution in [2.24, 2.45) is 17.8 Å². The summed E-state index contributed by atoms with van der Waals surface area (Å²) >= 11 is 0. The fourth-order valence-electron chi connectivity index (χ4n) is 6.38. The highest BCUT2D eigenvalue weighted by molar-refractivity contribution is 5.70. The van der Waals surface area contributed by atoms with Crippen molar-refractivity contribution in [1.29, 1.82) is 0 Å². The molecule has 4 heteroatoms. The Kier molecular flexibility index (Phi) is 10.6. The Labute approximate surface area is 228 Å². The van der Waals surface area contributed by atoms with E-state index in [1.165, 1.54) is 55.2 Å². The molecule has 0 spiro atoms. The van der Waals surface area contributed by atoms with E-state index < -0.39 is 11.9 Å². The number of carboxylic acid groups (broad SMARTS) is 1. The summed E-state index contributed by atoms with van der Waals surface area (Å²) in [6.07, 6.45) is 19.1. The molecule has 0 aliphatic heterocycles. The Balaban J connectivity index is 1.44. The topological polar surface area (TPSA) is 77.8 Å². The van der Waals surface area contributed by atoms with Crippen LogP contribution in [0.3, 0.4) is 0 Å². The number of aliphatic carboxylic acids is 1. The van der Waals surface area contributed by atoms with Gasteiger partial charge in [-0.2, -0.15) is 0 Å². The average Bonchev–Trinajstić information content (AvgIpc) is 3.38. The molecule has 4 rings (SSSR count). The molecule has 2 aromatic carbocycles. The molecule has 2 aliphatic carbocycles. The molecule has 2 bridgehead atoms. The molecule has 0 amide bonds. The van der Waals surface area contributed by atoms with Crippen molar-refractivity contribution in [3.8, 4) is 5.75 Å². The number of aliphatic hydroxyl groups is 1. The van der Waals surface area contributed by atoms with E-state index in [9.17, 15) is 20.1 Å². The number of unbranched alkanes of at least 4 members (excludes halogenated alkanes) is 3. The van der Waals surface area contributed by atoms with Crippen LogP contribution in [0.25, 0.3) is 0 Å². The molecule has 2 aliphatic rings. The molecule has 2 aromatic rings. The van der Waals surface area contributed by atoms with Gasteiger partial charge in [0.1, 0.15) is 5.75 Å². The summed E-state index contributed by atoms with van der Waals surface area (Å²) in [6, 6.07) is 16.2. The lowest BCUT2D eigenvalue weighted by Gasteiger charge is -2.28. The van der Waals surface area contributed by atoms with Crippen molar-refractivity contribution >= 4 is 5.97 Å². The zero-order chi connectivity index (χ0) is 26.7. The fraction of sp³-hybridized carbons (Fsp3) is 0.500. The number of rotatable bonds is 10. The summed E-state index contributed by atoms with van der Waals surface area (Å²) in [5.41, 5.74) is 4.82. The maximum atomic E-state index is 11.9. The molecule has 204 valence electrons. The molecule has 0 fully saturated rings. The Morgan fingerprint density at radius 3 is 2.29 bits per heavy atom. The second-order valence-electron chi connectivity index (χ2n) is 11.4. The predicted molar refractivity (Wildman–Crippen MR) is 153 cm³/mol. The molecular weight excluding hydrogens is 472 g/mol. The smallest absolute Gasteiger partial charge is 0.307 e. The lowest BCUT2D eigenvalue weighted by molar-refractivity contribution is -0.141. The van der Waals surface area contributed by atoms with Gasteiger partial charge in [0.05, 0.1) is 12.5 Å². The Morgan fingerprint density at radius 2 is 1.58 bits per heavy atom. The normalized spacial score (nSPS) is 24.7. The molecule has 0 radical (unpaired) electrons. The molecular formula is C34H44O4. The lowest BCUT2D eigenvalue weighted by atomic mass is 9.76. The minimum atomic E-state index is -0.726. The number of benzene rings is 2. The van der Waals surface area contributed by atoms with Crippen molar-refractivity contribution in [3.63, 3.8) is 0 Å². The molecule has 38 heavy (non-hydrogen) atoms. The van der Waals surface area contributed by atoms with E-state index in [1.807, 2.05) is 6.07 Å². The van der Waals surface area contributed by atoms with E-state index in [-0.39, 0.29) is 6.61 Å².